The summed E-state index contributed by atoms with van der Waals surface area (Å²) in [5.41, 5.74) is 1.35. The van der Waals surface area contributed by atoms with E-state index in [1.807, 2.05) is 0 Å². The third kappa shape index (κ3) is 3.27. The molecule has 0 bridgehead atoms. The maximum atomic E-state index is 13.2. The number of ketones is 1. The Hall–Kier alpha value is -3.26. The molecule has 134 valence electrons. The maximum Gasteiger partial charge on any atom is 0.354 e. The minimum absolute atomic E-state index is 0.0313. The van der Waals surface area contributed by atoms with Crippen LogP contribution in [-0.4, -0.2) is 36.1 Å². The van der Waals surface area contributed by atoms with Crippen LogP contribution in [0.2, 0.25) is 0 Å². The summed E-state index contributed by atoms with van der Waals surface area (Å²) in [4.78, 5) is 27.3. The lowest BCUT2D eigenvalue weighted by atomic mass is 9.99. The van der Waals surface area contributed by atoms with Crippen molar-refractivity contribution in [2.45, 2.75) is 6.61 Å². The van der Waals surface area contributed by atoms with Crippen LogP contribution < -0.4 is 0 Å². The van der Waals surface area contributed by atoms with Crippen molar-refractivity contribution < 1.29 is 28.0 Å². The van der Waals surface area contributed by atoms with Crippen molar-refractivity contribution in [3.05, 3.63) is 64.9 Å². The van der Waals surface area contributed by atoms with Gasteiger partial charge in [0.15, 0.2) is 5.76 Å². The van der Waals surface area contributed by atoms with Gasteiger partial charge in [0, 0.05) is 24.4 Å². The first-order valence-corrected chi connectivity index (χ1v) is 7.60. The smallest absolute Gasteiger partial charge is 0.354 e. The molecule has 2 aromatic heterocycles. The minimum atomic E-state index is -0.592. The molecular formula is C18H15FN2O5. The van der Waals surface area contributed by atoms with Crippen molar-refractivity contribution in [1.29, 1.82) is 0 Å². The van der Waals surface area contributed by atoms with E-state index < -0.39 is 17.6 Å². The molecule has 8 heteroatoms. The Kier molecular flexibility index (Phi) is 4.94. The molecule has 0 aliphatic heterocycles. The summed E-state index contributed by atoms with van der Waals surface area (Å²) in [7, 11) is 2.70. The number of carbonyl (C=O) groups excluding carboxylic acids is 2. The highest BCUT2D eigenvalue weighted by Gasteiger charge is 2.26. The summed E-state index contributed by atoms with van der Waals surface area (Å²) in [5.74, 6) is -1.18. The Labute approximate surface area is 147 Å². The molecule has 26 heavy (non-hydrogen) atoms. The first-order valence-electron chi connectivity index (χ1n) is 7.60. The number of esters is 1. The van der Waals surface area contributed by atoms with E-state index in [9.17, 15) is 14.0 Å². The molecule has 0 aliphatic rings. The van der Waals surface area contributed by atoms with Gasteiger partial charge in [-0.15, -0.1) is 0 Å². The summed E-state index contributed by atoms with van der Waals surface area (Å²) in [5, 5.41) is 3.94. The number of hydrogen-bond acceptors (Lipinski definition) is 6. The Morgan fingerprint density at radius 2 is 1.96 bits per heavy atom. The second kappa shape index (κ2) is 7.32. The number of methoxy groups -OCH3 is 2. The van der Waals surface area contributed by atoms with Gasteiger partial charge in [-0.1, -0.05) is 5.16 Å². The standard InChI is InChI=1S/C18H15FN2O5/c1-24-9-14-15(16(21-26-14)10-3-5-12(19)6-4-10)17(22)11-7-13(20-8-11)18(23)25-2/h3-8,20H,9H2,1-2H3. The van der Waals surface area contributed by atoms with E-state index in [1.165, 1.54) is 50.7 Å². The van der Waals surface area contributed by atoms with Crippen LogP contribution in [0, 0.1) is 5.82 Å². The van der Waals surface area contributed by atoms with Crippen LogP contribution in [0.1, 0.15) is 32.2 Å². The van der Waals surface area contributed by atoms with Gasteiger partial charge in [0.05, 0.1) is 12.7 Å². The number of rotatable bonds is 6. The highest BCUT2D eigenvalue weighted by atomic mass is 19.1. The minimum Gasteiger partial charge on any atom is -0.464 e. The monoisotopic (exact) mass is 358 g/mol. The lowest BCUT2D eigenvalue weighted by molar-refractivity contribution is 0.0595. The average molecular weight is 358 g/mol. The zero-order valence-corrected chi connectivity index (χ0v) is 14.0. The summed E-state index contributed by atoms with van der Waals surface area (Å²) < 4.78 is 28.1. The molecule has 0 aliphatic carbocycles. The second-order valence-corrected chi connectivity index (χ2v) is 5.39. The van der Waals surface area contributed by atoms with Gasteiger partial charge in [0.1, 0.15) is 23.8 Å². The number of ether oxygens (including phenoxy) is 2. The molecule has 0 saturated carbocycles. The lowest BCUT2D eigenvalue weighted by Gasteiger charge is -2.02. The molecule has 0 atom stereocenters. The number of nitrogens with zero attached hydrogens (tertiary/aromatic N) is 1. The first-order chi connectivity index (χ1) is 12.5. The molecule has 1 N–H and O–H groups in total. The van der Waals surface area contributed by atoms with Crippen LogP contribution in [0.4, 0.5) is 4.39 Å². The maximum absolute atomic E-state index is 13.2. The van der Waals surface area contributed by atoms with E-state index in [4.69, 9.17) is 9.26 Å². The van der Waals surface area contributed by atoms with Crippen molar-refractivity contribution >= 4 is 11.8 Å². The van der Waals surface area contributed by atoms with E-state index >= 15 is 0 Å². The largest absolute Gasteiger partial charge is 0.464 e. The fourth-order valence-corrected chi connectivity index (χ4v) is 2.49. The number of H-pyrrole nitrogens is 1. The zero-order valence-electron chi connectivity index (χ0n) is 14.0. The van der Waals surface area contributed by atoms with E-state index in [0.29, 0.717) is 5.56 Å². The van der Waals surface area contributed by atoms with Crippen LogP contribution in [0.25, 0.3) is 11.3 Å². The summed E-state index contributed by atoms with van der Waals surface area (Å²) in [6.45, 7) is 0.0313. The van der Waals surface area contributed by atoms with E-state index in [-0.39, 0.29) is 34.9 Å². The molecule has 0 amide bonds. The number of halogens is 1. The zero-order chi connectivity index (χ0) is 18.7. The third-order valence-electron chi connectivity index (χ3n) is 3.73. The Morgan fingerprint density at radius 3 is 2.62 bits per heavy atom. The lowest BCUT2D eigenvalue weighted by Crippen LogP contribution is -2.05. The summed E-state index contributed by atoms with van der Waals surface area (Å²) in [6, 6.07) is 6.90. The molecule has 0 unspecified atom stereocenters. The average Bonchev–Trinajstić information content (AvgIpc) is 3.29. The van der Waals surface area contributed by atoms with E-state index in [2.05, 4.69) is 14.9 Å². The van der Waals surface area contributed by atoms with E-state index in [1.54, 1.807) is 0 Å². The van der Waals surface area contributed by atoms with Gasteiger partial charge in [0.2, 0.25) is 5.78 Å². The molecule has 2 heterocycles. The first kappa shape index (κ1) is 17.6. The molecule has 0 spiro atoms. The summed E-state index contributed by atoms with van der Waals surface area (Å²) >= 11 is 0. The number of nitrogens with one attached hydrogen (secondary N) is 1. The fraction of sp³-hybridized carbons (Fsp3) is 0.167. The molecule has 0 saturated heterocycles. The molecule has 1 aromatic carbocycles. The SMILES string of the molecule is COCc1onc(-c2ccc(F)cc2)c1C(=O)c1c[nH]c(C(=O)OC)c1. The van der Waals surface area contributed by atoms with Crippen LogP contribution in [0.15, 0.2) is 41.1 Å². The Bertz CT molecular complexity index is 943. The number of hydrogen-bond donors (Lipinski definition) is 1. The summed E-state index contributed by atoms with van der Waals surface area (Å²) in [6.07, 6.45) is 1.40. The van der Waals surface area contributed by atoms with Crippen LogP contribution in [0.5, 0.6) is 0 Å². The molecular weight excluding hydrogens is 343 g/mol. The Morgan fingerprint density at radius 1 is 1.23 bits per heavy atom. The molecule has 7 nitrogen and oxygen atoms in total. The predicted octanol–water partition coefficient (Wildman–Crippen LogP) is 2.97. The van der Waals surface area contributed by atoms with Crippen LogP contribution in [0.3, 0.4) is 0 Å². The van der Waals surface area contributed by atoms with Crippen molar-refractivity contribution in [3.8, 4) is 11.3 Å². The van der Waals surface area contributed by atoms with Crippen molar-refractivity contribution in [2.75, 3.05) is 14.2 Å². The third-order valence-corrected chi connectivity index (χ3v) is 3.73. The van der Waals surface area contributed by atoms with Crippen molar-refractivity contribution in [3.63, 3.8) is 0 Å². The van der Waals surface area contributed by atoms with Gasteiger partial charge in [-0.2, -0.15) is 0 Å². The van der Waals surface area contributed by atoms with Gasteiger partial charge in [-0.3, -0.25) is 4.79 Å². The molecule has 3 aromatic rings. The van der Waals surface area contributed by atoms with E-state index in [0.717, 1.165) is 0 Å². The highest BCUT2D eigenvalue weighted by molar-refractivity contribution is 6.13. The van der Waals surface area contributed by atoms with Gasteiger partial charge >= 0.3 is 5.97 Å². The highest BCUT2D eigenvalue weighted by Crippen LogP contribution is 2.29. The number of aromatic nitrogens is 2. The molecule has 0 radical (unpaired) electrons. The normalized spacial score (nSPS) is 10.7. The molecule has 3 rings (SSSR count). The van der Waals surface area contributed by atoms with Gasteiger partial charge < -0.3 is 19.0 Å². The van der Waals surface area contributed by atoms with Crippen LogP contribution >= 0.6 is 0 Å². The van der Waals surface area contributed by atoms with Gasteiger partial charge in [0.25, 0.3) is 0 Å². The van der Waals surface area contributed by atoms with Crippen LogP contribution in [-0.2, 0) is 16.1 Å². The van der Waals surface area contributed by atoms with Crippen molar-refractivity contribution in [2.24, 2.45) is 0 Å². The topological polar surface area (TPSA) is 94.4 Å². The second-order valence-electron chi connectivity index (χ2n) is 5.39. The Balaban J connectivity index is 2.05. The van der Waals surface area contributed by atoms with Crippen molar-refractivity contribution in [1.82, 2.24) is 10.1 Å². The predicted molar refractivity (Wildman–Crippen MR) is 88.2 cm³/mol. The number of benzene rings is 1. The number of aromatic amines is 1. The fourth-order valence-electron chi connectivity index (χ4n) is 2.49. The van der Waals surface area contributed by atoms with Gasteiger partial charge in [-0.25, -0.2) is 9.18 Å². The molecule has 0 fully saturated rings. The quantitative estimate of drug-likeness (QED) is 0.538. The number of carbonyl (C=O) groups is 2. The van der Waals surface area contributed by atoms with Gasteiger partial charge in [-0.05, 0) is 30.3 Å².